The van der Waals surface area contributed by atoms with E-state index in [1.165, 1.54) is 50.1 Å². The molecule has 1 atom stereocenters. The number of nitrogens with one attached hydrogen (secondary N) is 1. The summed E-state index contributed by atoms with van der Waals surface area (Å²) < 4.78 is 0. The quantitative estimate of drug-likeness (QED) is 0.908. The lowest BCUT2D eigenvalue weighted by Crippen LogP contribution is -2.55. The van der Waals surface area contributed by atoms with Crippen LogP contribution in [0.5, 0.6) is 0 Å². The molecule has 0 saturated carbocycles. The van der Waals surface area contributed by atoms with Gasteiger partial charge in [-0.3, -0.25) is 9.88 Å². The van der Waals surface area contributed by atoms with Gasteiger partial charge in [-0.1, -0.05) is 13.3 Å². The Bertz CT molecular complexity index is 434. The van der Waals surface area contributed by atoms with Gasteiger partial charge in [0.15, 0.2) is 0 Å². The highest BCUT2D eigenvalue weighted by Gasteiger charge is 2.29. The van der Waals surface area contributed by atoms with Crippen molar-refractivity contribution < 1.29 is 0 Å². The molecule has 1 unspecified atom stereocenters. The second-order valence-corrected chi connectivity index (χ2v) is 5.92. The van der Waals surface area contributed by atoms with Crippen LogP contribution >= 0.6 is 0 Å². The van der Waals surface area contributed by atoms with E-state index >= 15 is 0 Å². The van der Waals surface area contributed by atoms with E-state index in [9.17, 15) is 0 Å². The number of hydrogen-bond donors (Lipinski definition) is 1. The van der Waals surface area contributed by atoms with Crippen molar-refractivity contribution in [1.29, 1.82) is 0 Å². The lowest BCUT2D eigenvalue weighted by Gasteiger charge is -2.45. The van der Waals surface area contributed by atoms with E-state index < -0.39 is 0 Å². The number of nitrogens with zero attached hydrogens (tertiary/aromatic N) is 3. The monoisotopic (exact) mass is 274 g/mol. The molecule has 0 bridgehead atoms. The Morgan fingerprint density at radius 2 is 2.25 bits per heavy atom. The van der Waals surface area contributed by atoms with Crippen LogP contribution in [0.25, 0.3) is 0 Å². The molecule has 0 aliphatic carbocycles. The summed E-state index contributed by atoms with van der Waals surface area (Å²) in [5.74, 6) is 0. The van der Waals surface area contributed by atoms with Gasteiger partial charge in [0.1, 0.15) is 0 Å². The maximum atomic E-state index is 4.35. The molecule has 0 radical (unpaired) electrons. The molecule has 1 aromatic heterocycles. The Morgan fingerprint density at radius 3 is 3.15 bits per heavy atom. The molecule has 4 heteroatoms. The topological polar surface area (TPSA) is 31.4 Å². The molecule has 3 heterocycles. The van der Waals surface area contributed by atoms with Crippen LogP contribution < -0.4 is 10.2 Å². The van der Waals surface area contributed by atoms with Gasteiger partial charge in [0.25, 0.3) is 0 Å². The minimum Gasteiger partial charge on any atom is -0.367 e. The first-order valence-corrected chi connectivity index (χ1v) is 8.01. The van der Waals surface area contributed by atoms with Crippen LogP contribution in [0.15, 0.2) is 18.5 Å². The lowest BCUT2D eigenvalue weighted by atomic mass is 9.99. The van der Waals surface area contributed by atoms with Crippen LogP contribution in [0, 0.1) is 0 Å². The standard InChI is InChI=1S/C16H26N4/c1-2-17-11-14-6-7-18-12-16(14)20-10-9-19-8-4-3-5-15(19)13-20/h6-7,12,15,17H,2-5,8-11,13H2,1H3. The van der Waals surface area contributed by atoms with Gasteiger partial charge in [-0.05, 0) is 37.6 Å². The Morgan fingerprint density at radius 1 is 1.30 bits per heavy atom. The Balaban J connectivity index is 1.72. The van der Waals surface area contributed by atoms with Crippen LogP contribution in [0.4, 0.5) is 5.69 Å². The molecular weight excluding hydrogens is 248 g/mol. The third-order valence-corrected chi connectivity index (χ3v) is 4.63. The van der Waals surface area contributed by atoms with Gasteiger partial charge in [0.05, 0.1) is 11.9 Å². The highest BCUT2D eigenvalue weighted by atomic mass is 15.3. The molecule has 2 aliphatic rings. The van der Waals surface area contributed by atoms with Gasteiger partial charge >= 0.3 is 0 Å². The summed E-state index contributed by atoms with van der Waals surface area (Å²) in [6.07, 6.45) is 8.10. The molecule has 2 saturated heterocycles. The van der Waals surface area contributed by atoms with E-state index in [4.69, 9.17) is 0 Å². The van der Waals surface area contributed by atoms with Crippen LogP contribution in [-0.4, -0.2) is 48.6 Å². The number of anilines is 1. The first-order chi connectivity index (χ1) is 9.88. The normalized spacial score (nSPS) is 23.6. The summed E-state index contributed by atoms with van der Waals surface area (Å²) in [7, 11) is 0. The van der Waals surface area contributed by atoms with Crippen molar-refractivity contribution in [3.8, 4) is 0 Å². The smallest absolute Gasteiger partial charge is 0.0599 e. The summed E-state index contributed by atoms with van der Waals surface area (Å²) in [5, 5.41) is 3.44. The highest BCUT2D eigenvalue weighted by molar-refractivity contribution is 5.52. The summed E-state index contributed by atoms with van der Waals surface area (Å²) >= 11 is 0. The molecule has 2 aliphatic heterocycles. The number of fused-ring (bicyclic) bond motifs is 1. The number of rotatable bonds is 4. The molecule has 110 valence electrons. The van der Waals surface area contributed by atoms with Gasteiger partial charge in [-0.15, -0.1) is 0 Å². The van der Waals surface area contributed by atoms with Crippen LogP contribution in [0.3, 0.4) is 0 Å². The van der Waals surface area contributed by atoms with E-state index in [1.807, 2.05) is 12.4 Å². The second kappa shape index (κ2) is 6.55. The Kier molecular flexibility index (Phi) is 4.53. The summed E-state index contributed by atoms with van der Waals surface area (Å²) in [6, 6.07) is 2.91. The number of piperidine rings is 1. The SMILES string of the molecule is CCNCc1ccncc1N1CCN2CCCCC2C1. The summed E-state index contributed by atoms with van der Waals surface area (Å²) in [5.41, 5.74) is 2.71. The summed E-state index contributed by atoms with van der Waals surface area (Å²) in [4.78, 5) is 9.58. The average molecular weight is 274 g/mol. The van der Waals surface area contributed by atoms with E-state index in [1.54, 1.807) is 0 Å². The van der Waals surface area contributed by atoms with Gasteiger partial charge in [-0.25, -0.2) is 0 Å². The highest BCUT2D eigenvalue weighted by Crippen LogP contribution is 2.26. The van der Waals surface area contributed by atoms with Crippen LogP contribution in [0.1, 0.15) is 31.7 Å². The van der Waals surface area contributed by atoms with E-state index in [-0.39, 0.29) is 0 Å². The van der Waals surface area contributed by atoms with Crippen molar-refractivity contribution in [3.05, 3.63) is 24.0 Å². The van der Waals surface area contributed by atoms with Gasteiger partial charge in [0.2, 0.25) is 0 Å². The number of hydrogen-bond acceptors (Lipinski definition) is 4. The molecule has 0 aromatic carbocycles. The first-order valence-electron chi connectivity index (χ1n) is 8.01. The maximum absolute atomic E-state index is 4.35. The van der Waals surface area contributed by atoms with Crippen molar-refractivity contribution in [2.75, 3.05) is 37.6 Å². The molecule has 1 N–H and O–H groups in total. The average Bonchev–Trinajstić information content (AvgIpc) is 2.53. The number of aromatic nitrogens is 1. The predicted octanol–water partition coefficient (Wildman–Crippen LogP) is 1.87. The van der Waals surface area contributed by atoms with Crippen LogP contribution in [0.2, 0.25) is 0 Å². The fourth-order valence-electron chi connectivity index (χ4n) is 3.48. The van der Waals surface area contributed by atoms with E-state index in [2.05, 4.69) is 33.1 Å². The third-order valence-electron chi connectivity index (χ3n) is 4.63. The van der Waals surface area contributed by atoms with Gasteiger partial charge in [-0.2, -0.15) is 0 Å². The molecule has 1 aromatic rings. The zero-order valence-electron chi connectivity index (χ0n) is 12.5. The molecule has 0 spiro atoms. The maximum Gasteiger partial charge on any atom is 0.0599 e. The molecule has 20 heavy (non-hydrogen) atoms. The lowest BCUT2D eigenvalue weighted by molar-refractivity contribution is 0.133. The number of piperazine rings is 1. The Labute approximate surface area is 122 Å². The van der Waals surface area contributed by atoms with Crippen molar-refractivity contribution in [2.45, 2.75) is 38.8 Å². The van der Waals surface area contributed by atoms with Gasteiger partial charge in [0, 0.05) is 38.4 Å². The van der Waals surface area contributed by atoms with Crippen LogP contribution in [-0.2, 0) is 6.54 Å². The molecular formula is C16H26N4. The van der Waals surface area contributed by atoms with Crippen molar-refractivity contribution in [2.24, 2.45) is 0 Å². The molecule has 0 amide bonds. The van der Waals surface area contributed by atoms with Gasteiger partial charge < -0.3 is 10.2 Å². The first kappa shape index (κ1) is 13.8. The Hall–Kier alpha value is -1.13. The van der Waals surface area contributed by atoms with Crippen molar-refractivity contribution >= 4 is 5.69 Å². The zero-order valence-corrected chi connectivity index (χ0v) is 12.5. The third kappa shape index (κ3) is 2.96. The summed E-state index contributed by atoms with van der Waals surface area (Å²) in [6.45, 7) is 8.93. The van der Waals surface area contributed by atoms with Crippen molar-refractivity contribution in [3.63, 3.8) is 0 Å². The second-order valence-electron chi connectivity index (χ2n) is 5.92. The molecule has 3 rings (SSSR count). The zero-order chi connectivity index (χ0) is 13.8. The minimum atomic E-state index is 0.754. The number of pyridine rings is 1. The predicted molar refractivity (Wildman–Crippen MR) is 83.0 cm³/mol. The molecule has 2 fully saturated rings. The largest absolute Gasteiger partial charge is 0.367 e. The molecule has 4 nitrogen and oxygen atoms in total. The fraction of sp³-hybridized carbons (Fsp3) is 0.688. The van der Waals surface area contributed by atoms with E-state index in [0.717, 1.165) is 25.7 Å². The fourth-order valence-corrected chi connectivity index (χ4v) is 3.48. The van der Waals surface area contributed by atoms with Crippen molar-refractivity contribution in [1.82, 2.24) is 15.2 Å². The minimum absolute atomic E-state index is 0.754. The van der Waals surface area contributed by atoms with E-state index in [0.29, 0.717) is 0 Å².